The van der Waals surface area contributed by atoms with Crippen molar-refractivity contribution >= 4 is 39.2 Å². The lowest BCUT2D eigenvalue weighted by Gasteiger charge is -2.31. The normalized spacial score (nSPS) is 24.8. The van der Waals surface area contributed by atoms with Gasteiger partial charge in [-0.05, 0) is 56.4 Å². The molecule has 1 aromatic carbocycles. The molecule has 4 fully saturated rings. The maximum Gasteiger partial charge on any atom is 0.324 e. The molecule has 4 aliphatic heterocycles. The van der Waals surface area contributed by atoms with E-state index in [1.807, 2.05) is 46.7 Å². The highest BCUT2D eigenvalue weighted by atomic mass is 32.1. The van der Waals surface area contributed by atoms with Crippen molar-refractivity contribution in [3.8, 4) is 0 Å². The quantitative estimate of drug-likeness (QED) is 0.776. The van der Waals surface area contributed by atoms with E-state index in [1.54, 1.807) is 0 Å². The fourth-order valence-electron chi connectivity index (χ4n) is 4.81. The Morgan fingerprint density at radius 3 is 2.62 bits per heavy atom. The van der Waals surface area contributed by atoms with Gasteiger partial charge in [0.25, 0.3) is 5.91 Å². The van der Waals surface area contributed by atoms with Gasteiger partial charge in [0.2, 0.25) is 0 Å². The van der Waals surface area contributed by atoms with E-state index < -0.39 is 0 Å². The van der Waals surface area contributed by atoms with Crippen LogP contribution in [0.4, 0.5) is 10.5 Å². The van der Waals surface area contributed by atoms with Crippen LogP contribution >= 0.6 is 11.5 Å². The summed E-state index contributed by atoms with van der Waals surface area (Å²) in [7, 11) is 0. The Balaban J connectivity index is 1.41. The van der Waals surface area contributed by atoms with Crippen LogP contribution in [0.1, 0.15) is 37.2 Å². The van der Waals surface area contributed by atoms with Gasteiger partial charge in [-0.2, -0.15) is 4.37 Å². The van der Waals surface area contributed by atoms with Crippen molar-refractivity contribution in [3.05, 3.63) is 23.9 Å². The average molecular weight is 414 g/mol. The van der Waals surface area contributed by atoms with E-state index in [1.165, 1.54) is 11.5 Å². The first kappa shape index (κ1) is 18.8. The van der Waals surface area contributed by atoms with Crippen LogP contribution in [0.3, 0.4) is 0 Å². The average Bonchev–Trinajstić information content (AvgIpc) is 3.18. The lowest BCUT2D eigenvalue weighted by atomic mass is 10.0. The molecule has 8 heteroatoms. The number of piperidine rings is 1. The molecule has 0 spiro atoms. The number of carbonyl (C=O) groups is 2. The molecule has 0 unspecified atom stereocenters. The number of benzene rings is 1. The Morgan fingerprint density at radius 1 is 1.10 bits per heavy atom. The number of hydrogen-bond acceptors (Lipinski definition) is 5. The molecule has 0 aliphatic carbocycles. The second-order valence-electron chi connectivity index (χ2n) is 8.50. The van der Waals surface area contributed by atoms with Crippen molar-refractivity contribution in [3.63, 3.8) is 0 Å². The molecule has 2 bridgehead atoms. The van der Waals surface area contributed by atoms with Crippen LogP contribution in [0.2, 0.25) is 0 Å². The molecule has 0 atom stereocenters. The summed E-state index contributed by atoms with van der Waals surface area (Å²) in [6.07, 6.45) is 2.11. The molecular formula is C21H27N5O2S. The van der Waals surface area contributed by atoms with Gasteiger partial charge in [-0.3, -0.25) is 9.69 Å². The minimum atomic E-state index is 0.0514. The molecule has 0 radical (unpaired) electrons. The lowest BCUT2D eigenvalue weighted by Crippen LogP contribution is -2.41. The van der Waals surface area contributed by atoms with Crippen molar-refractivity contribution in [1.29, 1.82) is 0 Å². The van der Waals surface area contributed by atoms with E-state index in [-0.39, 0.29) is 18.0 Å². The highest BCUT2D eigenvalue weighted by Gasteiger charge is 2.34. The first-order valence-electron chi connectivity index (χ1n) is 10.5. The van der Waals surface area contributed by atoms with Gasteiger partial charge < -0.3 is 14.7 Å². The molecule has 3 amide bonds. The largest absolute Gasteiger partial charge is 0.333 e. The Hall–Kier alpha value is -2.19. The zero-order valence-corrected chi connectivity index (χ0v) is 17.8. The number of carbonyl (C=O) groups excluding carboxylic acids is 2. The second-order valence-corrected chi connectivity index (χ2v) is 9.31. The summed E-state index contributed by atoms with van der Waals surface area (Å²) in [5.74, 6) is 0.0565. The van der Waals surface area contributed by atoms with Gasteiger partial charge in [-0.25, -0.2) is 4.79 Å². The first-order chi connectivity index (χ1) is 14.0. The number of fused-ring (bicyclic) bond motifs is 5. The maximum atomic E-state index is 13.3. The van der Waals surface area contributed by atoms with Gasteiger partial charge in [-0.15, -0.1) is 0 Å². The third-order valence-electron chi connectivity index (χ3n) is 6.55. The second kappa shape index (κ2) is 7.25. The molecule has 7 nitrogen and oxygen atoms in total. The Labute approximate surface area is 175 Å². The predicted molar refractivity (Wildman–Crippen MR) is 115 cm³/mol. The summed E-state index contributed by atoms with van der Waals surface area (Å²) in [4.78, 5) is 34.2. The number of urea groups is 1. The molecule has 6 rings (SSSR count). The molecule has 29 heavy (non-hydrogen) atoms. The first-order valence-corrected chi connectivity index (χ1v) is 11.3. The summed E-state index contributed by atoms with van der Waals surface area (Å²) in [6, 6.07) is 6.51. The SMILES string of the molecule is CC(C)N1CCN(c2ccc3c(C(=O)N4CCN5CCC4CC5)nsc3c2)C1=O. The topological polar surface area (TPSA) is 60.0 Å². The molecular weight excluding hydrogens is 386 g/mol. The third kappa shape index (κ3) is 3.18. The number of nitrogens with zero attached hydrogens (tertiary/aromatic N) is 5. The lowest BCUT2D eigenvalue weighted by molar-refractivity contribution is 0.0682. The molecule has 5 heterocycles. The molecule has 4 saturated heterocycles. The fourth-order valence-corrected chi connectivity index (χ4v) is 5.61. The van der Waals surface area contributed by atoms with Gasteiger partial charge >= 0.3 is 6.03 Å². The summed E-state index contributed by atoms with van der Waals surface area (Å²) in [5, 5.41) is 0.898. The van der Waals surface area contributed by atoms with Gasteiger partial charge in [0.05, 0.1) is 4.70 Å². The van der Waals surface area contributed by atoms with Crippen LogP contribution in [-0.4, -0.2) is 82.4 Å². The molecule has 154 valence electrons. The number of amides is 3. The predicted octanol–water partition coefficient (Wildman–Crippen LogP) is 2.87. The van der Waals surface area contributed by atoms with Gasteiger partial charge in [0, 0.05) is 62.4 Å². The Bertz CT molecular complexity index is 950. The van der Waals surface area contributed by atoms with Crippen molar-refractivity contribution in [2.24, 2.45) is 0 Å². The zero-order chi connectivity index (χ0) is 20.1. The smallest absolute Gasteiger partial charge is 0.324 e. The van der Waals surface area contributed by atoms with Gasteiger partial charge in [0.1, 0.15) is 5.69 Å². The standard InChI is InChI=1S/C21H27N5O2S/c1-14(2)24-11-12-26(21(24)28)16-3-4-17-18(13-16)29-22-19(17)20(27)25-10-9-23-7-5-15(25)6-8-23/h3-4,13-15H,5-12H2,1-2H3. The van der Waals surface area contributed by atoms with Crippen molar-refractivity contribution in [2.45, 2.75) is 38.8 Å². The summed E-state index contributed by atoms with van der Waals surface area (Å²) >= 11 is 1.35. The minimum Gasteiger partial charge on any atom is -0.333 e. The number of hydrogen-bond donors (Lipinski definition) is 0. The van der Waals surface area contributed by atoms with Crippen LogP contribution in [0.15, 0.2) is 18.2 Å². The van der Waals surface area contributed by atoms with Crippen LogP contribution in [-0.2, 0) is 0 Å². The van der Waals surface area contributed by atoms with E-state index in [0.29, 0.717) is 18.3 Å². The zero-order valence-electron chi connectivity index (χ0n) is 17.0. The minimum absolute atomic E-state index is 0.0514. The number of anilines is 1. The van der Waals surface area contributed by atoms with Gasteiger partial charge in [-0.1, -0.05) is 0 Å². The monoisotopic (exact) mass is 413 g/mol. The van der Waals surface area contributed by atoms with Crippen LogP contribution in [0.25, 0.3) is 10.1 Å². The summed E-state index contributed by atoms with van der Waals surface area (Å²) in [5.41, 5.74) is 1.45. The highest BCUT2D eigenvalue weighted by Crippen LogP contribution is 2.31. The molecule has 0 N–H and O–H groups in total. The maximum absolute atomic E-state index is 13.3. The van der Waals surface area contributed by atoms with Crippen molar-refractivity contribution in [1.82, 2.24) is 19.1 Å². The molecule has 0 saturated carbocycles. The molecule has 1 aromatic heterocycles. The van der Waals surface area contributed by atoms with E-state index in [9.17, 15) is 9.59 Å². The van der Waals surface area contributed by atoms with Crippen LogP contribution in [0.5, 0.6) is 0 Å². The third-order valence-corrected chi connectivity index (χ3v) is 7.36. The van der Waals surface area contributed by atoms with E-state index in [4.69, 9.17) is 0 Å². The fraction of sp³-hybridized carbons (Fsp3) is 0.571. The van der Waals surface area contributed by atoms with Crippen molar-refractivity contribution < 1.29 is 9.59 Å². The Kier molecular flexibility index (Phi) is 4.70. The Morgan fingerprint density at radius 2 is 1.90 bits per heavy atom. The van der Waals surface area contributed by atoms with Crippen LogP contribution < -0.4 is 4.90 Å². The van der Waals surface area contributed by atoms with Gasteiger partial charge in [0.15, 0.2) is 0 Å². The van der Waals surface area contributed by atoms with Crippen LogP contribution in [0, 0.1) is 0 Å². The highest BCUT2D eigenvalue weighted by molar-refractivity contribution is 7.13. The van der Waals surface area contributed by atoms with E-state index in [2.05, 4.69) is 9.27 Å². The molecule has 2 aromatic rings. The number of rotatable bonds is 3. The van der Waals surface area contributed by atoms with E-state index in [0.717, 1.165) is 61.3 Å². The summed E-state index contributed by atoms with van der Waals surface area (Å²) in [6.45, 7) is 9.44. The summed E-state index contributed by atoms with van der Waals surface area (Å²) < 4.78 is 5.50. The molecule has 4 aliphatic rings. The van der Waals surface area contributed by atoms with E-state index >= 15 is 0 Å². The number of aromatic nitrogens is 1. The van der Waals surface area contributed by atoms with Crippen molar-refractivity contribution in [2.75, 3.05) is 44.2 Å².